The Morgan fingerprint density at radius 3 is 0.754 bits per heavy atom. The molecule has 10 aromatic carbocycles. The van der Waals surface area contributed by atoms with Crippen molar-refractivity contribution in [2.24, 2.45) is 0 Å². The molecule has 330 valence electrons. The van der Waals surface area contributed by atoms with Crippen molar-refractivity contribution in [3.63, 3.8) is 0 Å². The number of thiophene rings is 1. The molecule has 0 unspecified atom stereocenters. The molecule has 69 heavy (non-hydrogen) atoms. The molecule has 0 radical (unpaired) electrons. The van der Waals surface area contributed by atoms with E-state index in [9.17, 15) is 0 Å². The zero-order chi connectivity index (χ0) is 46.4. The van der Waals surface area contributed by atoms with E-state index in [0.717, 1.165) is 60.8 Å². The van der Waals surface area contributed by atoms with Crippen LogP contribution < -0.4 is 14.5 Å². The van der Waals surface area contributed by atoms with Gasteiger partial charge in [-0.1, -0.05) is 194 Å². The Hall–Kier alpha value is -8.70. The zero-order valence-electron chi connectivity index (χ0n) is 38.2. The fourth-order valence-electron chi connectivity index (χ4n) is 9.03. The monoisotopic (exact) mass is 904 g/mol. The summed E-state index contributed by atoms with van der Waals surface area (Å²) in [5.74, 6) is 0.857. The van der Waals surface area contributed by atoms with Crippen LogP contribution in [0.15, 0.2) is 273 Å². The van der Waals surface area contributed by atoms with Crippen molar-refractivity contribution in [1.82, 2.24) is 0 Å². The van der Waals surface area contributed by atoms with E-state index < -0.39 is 0 Å². The second-order valence-corrected chi connectivity index (χ2v) is 18.0. The highest BCUT2D eigenvalue weighted by Crippen LogP contribution is 2.46. The number of benzene rings is 10. The second kappa shape index (κ2) is 19.6. The van der Waals surface area contributed by atoms with Gasteiger partial charge in [-0.15, -0.1) is 11.3 Å². The number of hydrogen-bond donors (Lipinski definition) is 0. The van der Waals surface area contributed by atoms with Crippen molar-refractivity contribution < 1.29 is 4.74 Å². The molecular formula is C65H48N2OS. The van der Waals surface area contributed by atoms with Crippen LogP contribution in [-0.4, -0.2) is 7.11 Å². The first-order valence-electron chi connectivity index (χ1n) is 23.3. The van der Waals surface area contributed by atoms with Gasteiger partial charge in [0.15, 0.2) is 0 Å². The van der Waals surface area contributed by atoms with E-state index in [4.69, 9.17) is 4.74 Å². The molecule has 11 aromatic rings. The number of hydrogen-bond acceptors (Lipinski definition) is 4. The maximum atomic E-state index is 6.07. The highest BCUT2D eigenvalue weighted by Gasteiger charge is 2.19. The van der Waals surface area contributed by atoms with Crippen LogP contribution in [0.25, 0.3) is 65.4 Å². The Kier molecular flexibility index (Phi) is 12.2. The maximum absolute atomic E-state index is 6.07. The Labute approximate surface area is 409 Å². The van der Waals surface area contributed by atoms with E-state index in [2.05, 4.69) is 283 Å². The number of methoxy groups -OCH3 is 1. The minimum absolute atomic E-state index is 0.857. The highest BCUT2D eigenvalue weighted by molar-refractivity contribution is 7.19. The summed E-state index contributed by atoms with van der Waals surface area (Å²) in [5, 5.41) is 0. The number of nitrogens with zero attached hydrogens (tertiary/aromatic N) is 2. The number of rotatable bonds is 13. The first-order valence-corrected chi connectivity index (χ1v) is 24.1. The minimum atomic E-state index is 0.857. The average molecular weight is 905 g/mol. The molecular weight excluding hydrogens is 857 g/mol. The van der Waals surface area contributed by atoms with Crippen LogP contribution in [0.4, 0.5) is 34.1 Å². The van der Waals surface area contributed by atoms with Gasteiger partial charge < -0.3 is 14.5 Å². The molecule has 0 amide bonds. The molecule has 0 aliphatic rings. The van der Waals surface area contributed by atoms with Crippen LogP contribution >= 0.6 is 11.3 Å². The lowest BCUT2D eigenvalue weighted by molar-refractivity contribution is 0.418. The molecule has 0 aliphatic carbocycles. The SMILES string of the molecule is COc1cc(-c2ccc(N(c3ccc(-c4ccccc4)cc3)c3ccc(-c4ccccc4)cc3)cc2)sc1-c1ccc(N(c2ccc(-c3ccccc3)cc2)c2ccc(-c3ccccc3)cc2)cc1. The van der Waals surface area contributed by atoms with Crippen molar-refractivity contribution in [1.29, 1.82) is 0 Å². The largest absolute Gasteiger partial charge is 0.495 e. The molecule has 0 atom stereocenters. The van der Waals surface area contributed by atoms with Crippen molar-refractivity contribution in [2.45, 2.75) is 0 Å². The fraction of sp³-hybridized carbons (Fsp3) is 0.0154. The van der Waals surface area contributed by atoms with Crippen LogP contribution in [0.3, 0.4) is 0 Å². The fourth-order valence-corrected chi connectivity index (χ4v) is 10.2. The quantitative estimate of drug-likeness (QED) is 0.115. The van der Waals surface area contributed by atoms with E-state index in [1.165, 1.54) is 44.5 Å². The van der Waals surface area contributed by atoms with E-state index in [0.29, 0.717) is 0 Å². The summed E-state index contributed by atoms with van der Waals surface area (Å²) in [6.45, 7) is 0. The Morgan fingerprint density at radius 2 is 0.493 bits per heavy atom. The predicted octanol–water partition coefficient (Wildman–Crippen LogP) is 18.7. The molecule has 0 spiro atoms. The highest BCUT2D eigenvalue weighted by atomic mass is 32.1. The van der Waals surface area contributed by atoms with E-state index in [-0.39, 0.29) is 0 Å². The molecule has 0 aliphatic heterocycles. The molecule has 0 saturated carbocycles. The molecule has 4 heteroatoms. The van der Waals surface area contributed by atoms with Crippen molar-refractivity contribution in [3.05, 3.63) is 273 Å². The van der Waals surface area contributed by atoms with Crippen LogP contribution in [0.5, 0.6) is 5.75 Å². The summed E-state index contributed by atoms with van der Waals surface area (Å²) in [5.41, 5.74) is 18.3. The van der Waals surface area contributed by atoms with Crippen LogP contribution in [0.2, 0.25) is 0 Å². The van der Waals surface area contributed by atoms with E-state index >= 15 is 0 Å². The third-order valence-corrected chi connectivity index (χ3v) is 13.9. The Balaban J connectivity index is 0.893. The molecule has 0 fully saturated rings. The first-order chi connectivity index (χ1) is 34.1. The predicted molar refractivity (Wildman–Crippen MR) is 293 cm³/mol. The van der Waals surface area contributed by atoms with Gasteiger partial charge in [0.25, 0.3) is 0 Å². The minimum Gasteiger partial charge on any atom is -0.495 e. The van der Waals surface area contributed by atoms with Gasteiger partial charge in [-0.25, -0.2) is 0 Å². The van der Waals surface area contributed by atoms with Crippen molar-refractivity contribution >= 4 is 45.5 Å². The Bertz CT molecular complexity index is 3230. The molecule has 1 heterocycles. The smallest absolute Gasteiger partial charge is 0.138 e. The molecule has 1 aromatic heterocycles. The lowest BCUT2D eigenvalue weighted by Crippen LogP contribution is -2.09. The summed E-state index contributed by atoms with van der Waals surface area (Å²) in [4.78, 5) is 6.88. The third-order valence-electron chi connectivity index (χ3n) is 12.6. The maximum Gasteiger partial charge on any atom is 0.138 e. The van der Waals surface area contributed by atoms with Crippen LogP contribution in [-0.2, 0) is 0 Å². The van der Waals surface area contributed by atoms with Crippen molar-refractivity contribution in [2.75, 3.05) is 16.9 Å². The standard InChI is InChI=1S/C65H48N2OS/c1-68-63-46-64(55-30-42-61(43-31-55)66(57-34-22-51(23-35-57)47-14-6-2-7-15-47)58-36-24-52(25-37-58)48-16-8-3-9-17-48)69-65(63)56-32-44-62(45-33-56)67(59-38-26-53(27-39-59)49-18-10-4-11-19-49)60-40-28-54(29-41-60)50-20-12-5-13-21-50/h2-46H,1H3. The molecule has 0 N–H and O–H groups in total. The normalized spacial score (nSPS) is 11.0. The Morgan fingerprint density at radius 1 is 0.261 bits per heavy atom. The summed E-state index contributed by atoms with van der Waals surface area (Å²) in [7, 11) is 1.76. The van der Waals surface area contributed by atoms with Gasteiger partial charge in [-0.2, -0.15) is 0 Å². The van der Waals surface area contributed by atoms with Gasteiger partial charge in [0.2, 0.25) is 0 Å². The second-order valence-electron chi connectivity index (χ2n) is 16.9. The van der Waals surface area contributed by atoms with Crippen LogP contribution in [0.1, 0.15) is 0 Å². The van der Waals surface area contributed by atoms with Gasteiger partial charge in [0.1, 0.15) is 5.75 Å². The van der Waals surface area contributed by atoms with E-state index in [1.807, 2.05) is 0 Å². The topological polar surface area (TPSA) is 15.7 Å². The molecule has 11 rings (SSSR count). The summed E-state index contributed by atoms with van der Waals surface area (Å²) < 4.78 is 6.07. The lowest BCUT2D eigenvalue weighted by Gasteiger charge is -2.26. The van der Waals surface area contributed by atoms with Crippen LogP contribution in [0, 0.1) is 0 Å². The van der Waals surface area contributed by atoms with Gasteiger partial charge in [-0.05, 0) is 134 Å². The number of anilines is 6. The zero-order valence-corrected chi connectivity index (χ0v) is 39.0. The lowest BCUT2D eigenvalue weighted by atomic mass is 10.0. The first kappa shape index (κ1) is 42.9. The van der Waals surface area contributed by atoms with Gasteiger partial charge in [-0.3, -0.25) is 0 Å². The molecule has 0 bridgehead atoms. The van der Waals surface area contributed by atoms with Crippen molar-refractivity contribution in [3.8, 4) is 71.1 Å². The van der Waals surface area contributed by atoms with Gasteiger partial charge in [0.05, 0.1) is 12.0 Å². The average Bonchev–Trinajstić information content (AvgIpc) is 3.88. The summed E-state index contributed by atoms with van der Waals surface area (Å²) in [6, 6.07) is 97.4. The summed E-state index contributed by atoms with van der Waals surface area (Å²) in [6.07, 6.45) is 0. The number of ether oxygens (including phenoxy) is 1. The molecule has 3 nitrogen and oxygen atoms in total. The summed E-state index contributed by atoms with van der Waals surface area (Å²) >= 11 is 1.75. The third kappa shape index (κ3) is 9.22. The van der Waals surface area contributed by atoms with Gasteiger partial charge >= 0.3 is 0 Å². The van der Waals surface area contributed by atoms with Gasteiger partial charge in [0, 0.05) is 39.0 Å². The molecule has 0 saturated heterocycles. The van der Waals surface area contributed by atoms with E-state index in [1.54, 1.807) is 18.4 Å².